The maximum atomic E-state index is 12.8. The van der Waals surface area contributed by atoms with Crippen LogP contribution in [0, 0.1) is 0 Å². The van der Waals surface area contributed by atoms with Gasteiger partial charge in [0.1, 0.15) is 24.2 Å². The molecule has 2 N–H and O–H groups in total. The molecule has 0 radical (unpaired) electrons. The first-order valence-corrected chi connectivity index (χ1v) is 9.86. The Balaban J connectivity index is 1.50. The Bertz CT molecular complexity index is 1250. The number of hydrogen-bond acceptors (Lipinski definition) is 7. The van der Waals surface area contributed by atoms with Crippen LogP contribution in [-0.4, -0.2) is 41.5 Å². The number of pyridine rings is 1. The molecule has 0 unspecified atom stereocenters. The summed E-state index contributed by atoms with van der Waals surface area (Å²) in [5.41, 5.74) is 1.70. The van der Waals surface area contributed by atoms with Crippen LogP contribution in [0.25, 0.3) is 11.5 Å². The number of benzene rings is 1. The van der Waals surface area contributed by atoms with Gasteiger partial charge in [0.25, 0.3) is 11.8 Å². The molecule has 0 saturated heterocycles. The molecule has 3 aromatic heterocycles. The zero-order valence-corrected chi connectivity index (χ0v) is 17.4. The standard InChI is InChI=1S/C22H20N8O2/c1-14(2)30-13-25-29-20(30)18-7-4-8-19(27-18)28-22(32)16-6-3-5-15(9-16)21(31)26-17-10-23-12-24-11-17/h3-14H,1-2H3,(H,26,31)(H,27,28,32). The van der Waals surface area contributed by atoms with Gasteiger partial charge in [0.15, 0.2) is 5.82 Å². The van der Waals surface area contributed by atoms with Gasteiger partial charge in [-0.1, -0.05) is 12.1 Å². The molecule has 0 atom stereocenters. The topological polar surface area (TPSA) is 128 Å². The van der Waals surface area contributed by atoms with Crippen LogP contribution >= 0.6 is 0 Å². The van der Waals surface area contributed by atoms with Crippen LogP contribution in [-0.2, 0) is 0 Å². The number of carbonyl (C=O) groups excluding carboxylic acids is 2. The molecule has 10 heteroatoms. The highest BCUT2D eigenvalue weighted by Crippen LogP contribution is 2.20. The fourth-order valence-electron chi connectivity index (χ4n) is 2.99. The first-order chi connectivity index (χ1) is 15.5. The highest BCUT2D eigenvalue weighted by atomic mass is 16.2. The smallest absolute Gasteiger partial charge is 0.256 e. The third-order valence-corrected chi connectivity index (χ3v) is 4.55. The maximum Gasteiger partial charge on any atom is 0.256 e. The highest BCUT2D eigenvalue weighted by molar-refractivity contribution is 6.08. The van der Waals surface area contributed by atoms with Crippen molar-refractivity contribution in [3.05, 3.63) is 78.6 Å². The van der Waals surface area contributed by atoms with Gasteiger partial charge in [-0.15, -0.1) is 10.2 Å². The lowest BCUT2D eigenvalue weighted by Gasteiger charge is -2.11. The van der Waals surface area contributed by atoms with Gasteiger partial charge in [-0.05, 0) is 44.2 Å². The molecular weight excluding hydrogens is 408 g/mol. The number of amides is 2. The Morgan fingerprint density at radius 3 is 2.34 bits per heavy atom. The number of aromatic nitrogens is 6. The van der Waals surface area contributed by atoms with Crippen molar-refractivity contribution in [3.63, 3.8) is 0 Å². The number of anilines is 2. The van der Waals surface area contributed by atoms with E-state index in [1.807, 2.05) is 18.4 Å². The lowest BCUT2D eigenvalue weighted by Crippen LogP contribution is -2.16. The van der Waals surface area contributed by atoms with Crippen LogP contribution in [0.15, 0.2) is 67.5 Å². The first kappa shape index (κ1) is 20.8. The number of nitrogens with one attached hydrogen (secondary N) is 2. The fourth-order valence-corrected chi connectivity index (χ4v) is 2.99. The second kappa shape index (κ2) is 9.13. The Labute approximate surface area is 183 Å². The third kappa shape index (κ3) is 4.64. The maximum absolute atomic E-state index is 12.8. The zero-order chi connectivity index (χ0) is 22.5. The first-order valence-electron chi connectivity index (χ1n) is 9.86. The summed E-state index contributed by atoms with van der Waals surface area (Å²) >= 11 is 0. The van der Waals surface area contributed by atoms with Crippen LogP contribution < -0.4 is 10.6 Å². The second-order valence-electron chi connectivity index (χ2n) is 7.18. The van der Waals surface area contributed by atoms with Gasteiger partial charge in [0.05, 0.1) is 18.1 Å². The summed E-state index contributed by atoms with van der Waals surface area (Å²) in [7, 11) is 0. The molecular formula is C22H20N8O2. The largest absolute Gasteiger partial charge is 0.319 e. The average molecular weight is 428 g/mol. The number of rotatable bonds is 6. The van der Waals surface area contributed by atoms with E-state index in [0.717, 1.165) is 0 Å². The van der Waals surface area contributed by atoms with Gasteiger partial charge < -0.3 is 15.2 Å². The van der Waals surface area contributed by atoms with Crippen molar-refractivity contribution in [1.29, 1.82) is 0 Å². The number of carbonyl (C=O) groups is 2. The van der Waals surface area contributed by atoms with E-state index in [1.165, 1.54) is 24.8 Å². The van der Waals surface area contributed by atoms with Crippen molar-refractivity contribution in [2.45, 2.75) is 19.9 Å². The molecule has 0 aliphatic rings. The molecule has 0 spiro atoms. The Morgan fingerprint density at radius 2 is 1.62 bits per heavy atom. The normalized spacial score (nSPS) is 10.7. The SMILES string of the molecule is CC(C)n1cnnc1-c1cccc(NC(=O)c2cccc(C(=O)Nc3cncnc3)c2)n1. The summed E-state index contributed by atoms with van der Waals surface area (Å²) < 4.78 is 1.90. The molecule has 32 heavy (non-hydrogen) atoms. The summed E-state index contributed by atoms with van der Waals surface area (Å²) in [6.45, 7) is 4.04. The van der Waals surface area contributed by atoms with Crippen molar-refractivity contribution >= 4 is 23.3 Å². The third-order valence-electron chi connectivity index (χ3n) is 4.55. The molecule has 0 aliphatic heterocycles. The zero-order valence-electron chi connectivity index (χ0n) is 17.4. The van der Waals surface area contributed by atoms with Crippen molar-refractivity contribution < 1.29 is 9.59 Å². The molecule has 4 rings (SSSR count). The van der Waals surface area contributed by atoms with Gasteiger partial charge in [0, 0.05) is 17.2 Å². The van der Waals surface area contributed by atoms with Crippen molar-refractivity contribution in [3.8, 4) is 11.5 Å². The average Bonchev–Trinajstić information content (AvgIpc) is 3.30. The predicted octanol–water partition coefficient (Wildman–Crippen LogP) is 3.22. The minimum atomic E-state index is -0.391. The molecule has 0 fully saturated rings. The van der Waals surface area contributed by atoms with E-state index in [1.54, 1.807) is 42.7 Å². The van der Waals surface area contributed by atoms with E-state index in [0.29, 0.717) is 34.2 Å². The molecule has 4 aromatic rings. The Morgan fingerprint density at radius 1 is 0.938 bits per heavy atom. The van der Waals surface area contributed by atoms with Crippen LogP contribution in [0.4, 0.5) is 11.5 Å². The van der Waals surface area contributed by atoms with E-state index < -0.39 is 5.91 Å². The molecule has 10 nitrogen and oxygen atoms in total. The minimum Gasteiger partial charge on any atom is -0.319 e. The summed E-state index contributed by atoms with van der Waals surface area (Å²) in [4.78, 5) is 37.5. The van der Waals surface area contributed by atoms with E-state index in [-0.39, 0.29) is 11.9 Å². The van der Waals surface area contributed by atoms with Gasteiger partial charge in [0.2, 0.25) is 0 Å². The van der Waals surface area contributed by atoms with Crippen molar-refractivity contribution in [2.75, 3.05) is 10.6 Å². The van der Waals surface area contributed by atoms with Gasteiger partial charge in [-0.2, -0.15) is 0 Å². The molecule has 1 aromatic carbocycles. The van der Waals surface area contributed by atoms with E-state index >= 15 is 0 Å². The predicted molar refractivity (Wildman–Crippen MR) is 118 cm³/mol. The van der Waals surface area contributed by atoms with Crippen LogP contribution in [0.3, 0.4) is 0 Å². The lowest BCUT2D eigenvalue weighted by atomic mass is 10.1. The molecule has 2 amide bonds. The fraction of sp³-hybridized carbons (Fsp3) is 0.136. The number of hydrogen-bond donors (Lipinski definition) is 2. The number of nitrogens with zero attached hydrogens (tertiary/aromatic N) is 6. The molecule has 0 aliphatic carbocycles. The minimum absolute atomic E-state index is 0.163. The Kier molecular flexibility index (Phi) is 5.93. The van der Waals surface area contributed by atoms with Gasteiger partial charge in [-0.25, -0.2) is 15.0 Å². The summed E-state index contributed by atoms with van der Waals surface area (Å²) in [6, 6.07) is 11.8. The second-order valence-corrected chi connectivity index (χ2v) is 7.18. The quantitative estimate of drug-likeness (QED) is 0.483. The summed E-state index contributed by atoms with van der Waals surface area (Å²) in [6.07, 6.45) is 5.99. The van der Waals surface area contributed by atoms with Crippen molar-refractivity contribution in [1.82, 2.24) is 29.7 Å². The van der Waals surface area contributed by atoms with E-state index in [4.69, 9.17) is 0 Å². The van der Waals surface area contributed by atoms with Gasteiger partial charge in [-0.3, -0.25) is 9.59 Å². The summed E-state index contributed by atoms with van der Waals surface area (Å²) in [5, 5.41) is 13.5. The Hall–Kier alpha value is -4.47. The lowest BCUT2D eigenvalue weighted by molar-refractivity contribution is 0.102. The van der Waals surface area contributed by atoms with E-state index in [2.05, 4.69) is 35.8 Å². The van der Waals surface area contributed by atoms with Gasteiger partial charge >= 0.3 is 0 Å². The summed E-state index contributed by atoms with van der Waals surface area (Å²) in [5.74, 6) is 0.210. The monoisotopic (exact) mass is 428 g/mol. The van der Waals surface area contributed by atoms with Crippen LogP contribution in [0.5, 0.6) is 0 Å². The van der Waals surface area contributed by atoms with Crippen molar-refractivity contribution in [2.24, 2.45) is 0 Å². The van der Waals surface area contributed by atoms with Crippen LogP contribution in [0.2, 0.25) is 0 Å². The van der Waals surface area contributed by atoms with E-state index in [9.17, 15) is 9.59 Å². The molecule has 3 heterocycles. The molecule has 160 valence electrons. The molecule has 0 saturated carbocycles. The molecule has 0 bridgehead atoms. The highest BCUT2D eigenvalue weighted by Gasteiger charge is 2.14. The van der Waals surface area contributed by atoms with Crippen LogP contribution in [0.1, 0.15) is 40.6 Å².